The number of carbonyl (C=O) groups is 2. The fourth-order valence-electron chi connectivity index (χ4n) is 3.32. The fraction of sp³-hybridized carbons (Fsp3) is 0.250. The Morgan fingerprint density at radius 1 is 1.00 bits per heavy atom. The van der Waals surface area contributed by atoms with Gasteiger partial charge in [-0.15, -0.1) is 0 Å². The van der Waals surface area contributed by atoms with Gasteiger partial charge in [-0.3, -0.25) is 9.59 Å². The Bertz CT molecular complexity index is 960. The topological polar surface area (TPSA) is 71.1 Å². The molecule has 1 fully saturated rings. The van der Waals surface area contributed by atoms with E-state index < -0.39 is 0 Å². The Hall–Kier alpha value is -2.73. The summed E-state index contributed by atoms with van der Waals surface area (Å²) in [5, 5.41) is 6.75. The maximum atomic E-state index is 12.6. The zero-order chi connectivity index (χ0) is 17.9. The molecule has 1 aliphatic carbocycles. The number of aromatic nitrogens is 1. The van der Waals surface area contributed by atoms with E-state index in [1.54, 1.807) is 24.3 Å². The van der Waals surface area contributed by atoms with E-state index in [0.717, 1.165) is 22.9 Å². The van der Waals surface area contributed by atoms with E-state index >= 15 is 0 Å². The molecule has 0 atom stereocenters. The molecule has 2 aromatic carbocycles. The van der Waals surface area contributed by atoms with Gasteiger partial charge in [-0.2, -0.15) is 4.37 Å². The van der Waals surface area contributed by atoms with Crippen molar-refractivity contribution in [2.45, 2.75) is 31.7 Å². The van der Waals surface area contributed by atoms with Gasteiger partial charge in [0, 0.05) is 22.7 Å². The largest absolute Gasteiger partial charge is 0.349 e. The van der Waals surface area contributed by atoms with E-state index in [0.29, 0.717) is 16.9 Å². The minimum atomic E-state index is -0.268. The SMILES string of the molecule is O=C(NC1CCCC1)c1cccc(NC(=O)c2nsc3ccccc23)c1. The van der Waals surface area contributed by atoms with Gasteiger partial charge in [-0.25, -0.2) is 0 Å². The minimum Gasteiger partial charge on any atom is -0.349 e. The molecule has 3 aromatic rings. The molecule has 5 nitrogen and oxygen atoms in total. The summed E-state index contributed by atoms with van der Waals surface area (Å²) >= 11 is 1.30. The molecule has 2 amide bonds. The van der Waals surface area contributed by atoms with Gasteiger partial charge >= 0.3 is 0 Å². The van der Waals surface area contributed by atoms with E-state index in [4.69, 9.17) is 0 Å². The van der Waals surface area contributed by atoms with E-state index in [2.05, 4.69) is 15.0 Å². The third kappa shape index (κ3) is 3.46. The minimum absolute atomic E-state index is 0.0906. The Morgan fingerprint density at radius 3 is 2.65 bits per heavy atom. The Balaban J connectivity index is 1.49. The van der Waals surface area contributed by atoms with Gasteiger partial charge in [0.1, 0.15) is 5.69 Å². The number of nitrogens with one attached hydrogen (secondary N) is 2. The third-order valence-corrected chi connectivity index (χ3v) is 5.49. The van der Waals surface area contributed by atoms with Crippen LogP contribution in [0, 0.1) is 0 Å². The van der Waals surface area contributed by atoms with Crippen molar-refractivity contribution < 1.29 is 9.59 Å². The molecule has 6 heteroatoms. The lowest BCUT2D eigenvalue weighted by atomic mass is 10.1. The van der Waals surface area contributed by atoms with Crippen LogP contribution in [0.1, 0.15) is 46.5 Å². The number of amides is 2. The van der Waals surface area contributed by atoms with Gasteiger partial charge < -0.3 is 10.6 Å². The molecule has 1 heterocycles. The summed E-state index contributed by atoms with van der Waals surface area (Å²) in [4.78, 5) is 25.0. The molecule has 0 radical (unpaired) electrons. The van der Waals surface area contributed by atoms with Crippen LogP contribution in [0.3, 0.4) is 0 Å². The first-order chi connectivity index (χ1) is 12.7. The Kier molecular flexibility index (Phi) is 4.67. The normalized spacial score (nSPS) is 14.5. The fourth-order valence-corrected chi connectivity index (χ4v) is 4.09. The molecule has 1 aromatic heterocycles. The molecule has 2 N–H and O–H groups in total. The van der Waals surface area contributed by atoms with Crippen LogP contribution in [0.5, 0.6) is 0 Å². The number of nitrogens with zero attached hydrogens (tertiary/aromatic N) is 1. The first-order valence-electron chi connectivity index (χ1n) is 8.77. The average Bonchev–Trinajstić information content (AvgIpc) is 3.31. The van der Waals surface area contributed by atoms with E-state index in [9.17, 15) is 9.59 Å². The summed E-state index contributed by atoms with van der Waals surface area (Å²) in [7, 11) is 0. The number of hydrogen-bond acceptors (Lipinski definition) is 4. The molecule has 26 heavy (non-hydrogen) atoms. The van der Waals surface area contributed by atoms with Crippen molar-refractivity contribution >= 4 is 39.1 Å². The van der Waals surface area contributed by atoms with E-state index in [-0.39, 0.29) is 17.9 Å². The maximum absolute atomic E-state index is 12.6. The molecule has 1 saturated carbocycles. The second kappa shape index (κ2) is 7.25. The molecule has 0 spiro atoms. The summed E-state index contributed by atoms with van der Waals surface area (Å²) < 4.78 is 5.24. The molecule has 1 aliphatic rings. The zero-order valence-electron chi connectivity index (χ0n) is 14.2. The van der Waals surface area contributed by atoms with Crippen LogP contribution in [0.15, 0.2) is 48.5 Å². The second-order valence-electron chi connectivity index (χ2n) is 6.52. The van der Waals surface area contributed by atoms with Gasteiger partial charge in [-0.05, 0) is 48.6 Å². The van der Waals surface area contributed by atoms with Crippen molar-refractivity contribution in [2.75, 3.05) is 5.32 Å². The summed E-state index contributed by atoms with van der Waals surface area (Å²) in [6.07, 6.45) is 4.42. The first-order valence-corrected chi connectivity index (χ1v) is 9.55. The average molecular weight is 365 g/mol. The molecular formula is C20H19N3O2S. The molecule has 0 aliphatic heterocycles. The molecular weight excluding hydrogens is 346 g/mol. The highest BCUT2D eigenvalue weighted by Gasteiger charge is 2.19. The van der Waals surface area contributed by atoms with Crippen LogP contribution < -0.4 is 10.6 Å². The third-order valence-electron chi connectivity index (χ3n) is 4.67. The molecule has 132 valence electrons. The van der Waals surface area contributed by atoms with Gasteiger partial charge in [0.25, 0.3) is 11.8 Å². The zero-order valence-corrected chi connectivity index (χ0v) is 15.0. The van der Waals surface area contributed by atoms with Crippen molar-refractivity contribution in [2.24, 2.45) is 0 Å². The van der Waals surface area contributed by atoms with Crippen molar-refractivity contribution in [1.82, 2.24) is 9.69 Å². The number of carbonyl (C=O) groups excluding carboxylic acids is 2. The van der Waals surface area contributed by atoms with Crippen molar-refractivity contribution in [1.29, 1.82) is 0 Å². The quantitative estimate of drug-likeness (QED) is 0.727. The van der Waals surface area contributed by atoms with Crippen LogP contribution in [0.25, 0.3) is 10.1 Å². The number of benzene rings is 2. The van der Waals surface area contributed by atoms with E-state index in [1.165, 1.54) is 24.4 Å². The van der Waals surface area contributed by atoms with Gasteiger partial charge in [0.2, 0.25) is 0 Å². The molecule has 0 bridgehead atoms. The molecule has 0 unspecified atom stereocenters. The first kappa shape index (κ1) is 16.7. The van der Waals surface area contributed by atoms with E-state index in [1.807, 2.05) is 24.3 Å². The predicted molar refractivity (Wildman–Crippen MR) is 104 cm³/mol. The smallest absolute Gasteiger partial charge is 0.276 e. The van der Waals surface area contributed by atoms with Crippen molar-refractivity contribution in [3.63, 3.8) is 0 Å². The van der Waals surface area contributed by atoms with Crippen LogP contribution in [-0.4, -0.2) is 22.2 Å². The highest BCUT2D eigenvalue weighted by atomic mass is 32.1. The highest BCUT2D eigenvalue weighted by molar-refractivity contribution is 7.13. The lowest BCUT2D eigenvalue weighted by Gasteiger charge is -2.12. The summed E-state index contributed by atoms with van der Waals surface area (Å²) in [5.41, 5.74) is 1.55. The predicted octanol–water partition coefficient (Wildman–Crippen LogP) is 4.22. The van der Waals surface area contributed by atoms with Crippen LogP contribution in [-0.2, 0) is 0 Å². The molecule has 4 rings (SSSR count). The van der Waals surface area contributed by atoms with Crippen molar-refractivity contribution in [3.8, 4) is 0 Å². The standard InChI is InChI=1S/C20H19N3O2S/c24-19(21-14-7-1-2-8-14)13-6-5-9-15(12-13)22-20(25)18-16-10-3-4-11-17(16)26-23-18/h3-6,9-12,14H,1-2,7-8H2,(H,21,24)(H,22,25). The van der Waals surface area contributed by atoms with Gasteiger partial charge in [0.15, 0.2) is 0 Å². The summed E-state index contributed by atoms with van der Waals surface area (Å²) in [6.45, 7) is 0. The Labute approximate surface area is 155 Å². The van der Waals surface area contributed by atoms with Gasteiger partial charge in [-0.1, -0.05) is 37.1 Å². The van der Waals surface area contributed by atoms with Gasteiger partial charge in [0.05, 0.1) is 4.70 Å². The second-order valence-corrected chi connectivity index (χ2v) is 7.32. The number of hydrogen-bond donors (Lipinski definition) is 2. The molecule has 0 saturated heterocycles. The lowest BCUT2D eigenvalue weighted by Crippen LogP contribution is -2.32. The highest BCUT2D eigenvalue weighted by Crippen LogP contribution is 2.23. The van der Waals surface area contributed by atoms with Crippen LogP contribution >= 0.6 is 11.5 Å². The van der Waals surface area contributed by atoms with Crippen molar-refractivity contribution in [3.05, 3.63) is 59.8 Å². The summed E-state index contributed by atoms with van der Waals surface area (Å²) in [6, 6.07) is 14.9. The van der Waals surface area contributed by atoms with Crippen LogP contribution in [0.2, 0.25) is 0 Å². The monoisotopic (exact) mass is 365 g/mol. The number of fused-ring (bicyclic) bond motifs is 1. The maximum Gasteiger partial charge on any atom is 0.276 e. The Morgan fingerprint density at radius 2 is 1.81 bits per heavy atom. The number of rotatable bonds is 4. The van der Waals surface area contributed by atoms with Crippen LogP contribution in [0.4, 0.5) is 5.69 Å². The lowest BCUT2D eigenvalue weighted by molar-refractivity contribution is 0.0936. The number of anilines is 1. The summed E-state index contributed by atoms with van der Waals surface area (Å²) in [5.74, 6) is -0.358.